The van der Waals surface area contributed by atoms with Crippen molar-refractivity contribution in [3.05, 3.63) is 35.0 Å². The third-order valence-corrected chi connectivity index (χ3v) is 4.85. The summed E-state index contributed by atoms with van der Waals surface area (Å²) >= 11 is 1.71. The van der Waals surface area contributed by atoms with Crippen molar-refractivity contribution in [2.24, 2.45) is 11.8 Å². The highest BCUT2D eigenvalue weighted by molar-refractivity contribution is 7.13. The number of fused-ring (bicyclic) bond motifs is 1. The average molecular weight is 301 g/mol. The molecule has 0 radical (unpaired) electrons. The summed E-state index contributed by atoms with van der Waals surface area (Å²) in [5.74, 6) is 2.34. The van der Waals surface area contributed by atoms with Gasteiger partial charge in [0.1, 0.15) is 0 Å². The van der Waals surface area contributed by atoms with Crippen molar-refractivity contribution in [1.82, 2.24) is 15.3 Å². The molecule has 0 spiro atoms. The highest BCUT2D eigenvalue weighted by Crippen LogP contribution is 2.27. The largest absolute Gasteiger partial charge is 0.316 e. The summed E-state index contributed by atoms with van der Waals surface area (Å²) in [6.45, 7) is 6.73. The van der Waals surface area contributed by atoms with E-state index in [4.69, 9.17) is 4.98 Å². The highest BCUT2D eigenvalue weighted by Gasteiger charge is 2.20. The Morgan fingerprint density at radius 2 is 2.33 bits per heavy atom. The van der Waals surface area contributed by atoms with Gasteiger partial charge in [0.05, 0.1) is 4.88 Å². The maximum absolute atomic E-state index is 4.78. The number of aryl methyl sites for hydroxylation is 1. The molecule has 2 aromatic heterocycles. The summed E-state index contributed by atoms with van der Waals surface area (Å²) in [5, 5.41) is 5.66. The van der Waals surface area contributed by atoms with E-state index >= 15 is 0 Å². The first kappa shape index (κ1) is 14.7. The van der Waals surface area contributed by atoms with E-state index in [0.29, 0.717) is 0 Å². The predicted molar refractivity (Wildman–Crippen MR) is 88.6 cm³/mol. The van der Waals surface area contributed by atoms with Gasteiger partial charge in [0, 0.05) is 11.9 Å². The van der Waals surface area contributed by atoms with Gasteiger partial charge in [0.25, 0.3) is 0 Å². The van der Waals surface area contributed by atoms with Crippen LogP contribution in [0.15, 0.2) is 23.7 Å². The fourth-order valence-corrected chi connectivity index (χ4v) is 3.52. The summed E-state index contributed by atoms with van der Waals surface area (Å²) in [6, 6.07) is 4.15. The van der Waals surface area contributed by atoms with Crippen LogP contribution in [-0.4, -0.2) is 23.1 Å². The predicted octanol–water partition coefficient (Wildman–Crippen LogP) is 3.56. The lowest BCUT2D eigenvalue weighted by Crippen LogP contribution is -2.30. The molecule has 2 aromatic rings. The minimum Gasteiger partial charge on any atom is -0.316 e. The standard InChI is InChI=1S/C17H23N3S/c1-12(2)9-18-10-13-5-6-15-14(8-13)11-19-17(20-15)16-4-3-7-21-16/h3-4,7,11-13,18H,5-6,8-10H2,1-2H3. The molecule has 1 atom stereocenters. The van der Waals surface area contributed by atoms with Gasteiger partial charge in [-0.25, -0.2) is 9.97 Å². The fraction of sp³-hybridized carbons (Fsp3) is 0.529. The lowest BCUT2D eigenvalue weighted by Gasteiger charge is -2.24. The SMILES string of the molecule is CC(C)CNCC1CCc2nc(-c3cccs3)ncc2C1. The Hall–Kier alpha value is -1.26. The van der Waals surface area contributed by atoms with E-state index in [1.165, 1.54) is 22.6 Å². The normalized spacial score (nSPS) is 18.0. The lowest BCUT2D eigenvalue weighted by molar-refractivity contribution is 0.405. The van der Waals surface area contributed by atoms with E-state index in [9.17, 15) is 0 Å². The zero-order chi connectivity index (χ0) is 14.7. The van der Waals surface area contributed by atoms with Crippen LogP contribution in [-0.2, 0) is 12.8 Å². The van der Waals surface area contributed by atoms with Crippen LogP contribution in [0.4, 0.5) is 0 Å². The smallest absolute Gasteiger partial charge is 0.169 e. The van der Waals surface area contributed by atoms with Crippen molar-refractivity contribution in [2.75, 3.05) is 13.1 Å². The van der Waals surface area contributed by atoms with Crippen LogP contribution in [0.1, 0.15) is 31.5 Å². The van der Waals surface area contributed by atoms with Gasteiger partial charge in [-0.05, 0) is 61.2 Å². The number of nitrogens with zero attached hydrogens (tertiary/aromatic N) is 2. The Morgan fingerprint density at radius 1 is 1.43 bits per heavy atom. The van der Waals surface area contributed by atoms with Crippen molar-refractivity contribution >= 4 is 11.3 Å². The van der Waals surface area contributed by atoms with Gasteiger partial charge in [0.2, 0.25) is 0 Å². The molecule has 0 bridgehead atoms. The molecule has 0 fully saturated rings. The van der Waals surface area contributed by atoms with Crippen LogP contribution < -0.4 is 5.32 Å². The minimum absolute atomic E-state index is 0.720. The molecule has 0 amide bonds. The molecule has 3 rings (SSSR count). The Kier molecular flexibility index (Phi) is 4.66. The molecule has 4 heteroatoms. The molecule has 0 aromatic carbocycles. The van der Waals surface area contributed by atoms with E-state index in [1.54, 1.807) is 11.3 Å². The lowest BCUT2D eigenvalue weighted by atomic mass is 9.87. The topological polar surface area (TPSA) is 37.8 Å². The Balaban J connectivity index is 1.64. The third-order valence-electron chi connectivity index (χ3n) is 3.98. The van der Waals surface area contributed by atoms with Gasteiger partial charge >= 0.3 is 0 Å². The third kappa shape index (κ3) is 3.69. The van der Waals surface area contributed by atoms with Crippen LogP contribution in [0.3, 0.4) is 0 Å². The second-order valence-corrected chi connectivity index (χ2v) is 7.25. The van der Waals surface area contributed by atoms with Crippen LogP contribution in [0.25, 0.3) is 10.7 Å². The number of hydrogen-bond donors (Lipinski definition) is 1. The monoisotopic (exact) mass is 301 g/mol. The van der Waals surface area contributed by atoms with Crippen LogP contribution in [0.5, 0.6) is 0 Å². The molecule has 1 N–H and O–H groups in total. The van der Waals surface area contributed by atoms with Crippen molar-refractivity contribution < 1.29 is 0 Å². The van der Waals surface area contributed by atoms with Crippen molar-refractivity contribution in [2.45, 2.75) is 33.1 Å². The number of thiophene rings is 1. The van der Waals surface area contributed by atoms with Gasteiger partial charge in [-0.3, -0.25) is 0 Å². The maximum Gasteiger partial charge on any atom is 0.169 e. The molecule has 0 saturated heterocycles. The second kappa shape index (κ2) is 6.67. The van der Waals surface area contributed by atoms with E-state index < -0.39 is 0 Å². The van der Waals surface area contributed by atoms with Crippen LogP contribution in [0.2, 0.25) is 0 Å². The van der Waals surface area contributed by atoms with Crippen LogP contribution in [0, 0.1) is 11.8 Å². The molecular weight excluding hydrogens is 278 g/mol. The average Bonchev–Trinajstić information content (AvgIpc) is 3.00. The first-order chi connectivity index (χ1) is 10.2. The van der Waals surface area contributed by atoms with E-state index in [2.05, 4.69) is 41.7 Å². The van der Waals surface area contributed by atoms with Crippen molar-refractivity contribution in [1.29, 1.82) is 0 Å². The minimum atomic E-state index is 0.720. The zero-order valence-corrected chi connectivity index (χ0v) is 13.6. The molecule has 0 aliphatic heterocycles. The van der Waals surface area contributed by atoms with Crippen molar-refractivity contribution in [3.63, 3.8) is 0 Å². The Labute approximate surface area is 130 Å². The quantitative estimate of drug-likeness (QED) is 0.917. The first-order valence-corrected chi connectivity index (χ1v) is 8.69. The first-order valence-electron chi connectivity index (χ1n) is 7.81. The number of nitrogens with one attached hydrogen (secondary N) is 1. The Bertz CT molecular complexity index is 578. The summed E-state index contributed by atoms with van der Waals surface area (Å²) in [5.41, 5.74) is 2.60. The second-order valence-electron chi connectivity index (χ2n) is 6.30. The van der Waals surface area contributed by atoms with Gasteiger partial charge < -0.3 is 5.32 Å². The van der Waals surface area contributed by atoms with Gasteiger partial charge in [0.15, 0.2) is 5.82 Å². The molecule has 112 valence electrons. The Morgan fingerprint density at radius 3 is 3.10 bits per heavy atom. The molecule has 0 saturated carbocycles. The molecule has 3 nitrogen and oxygen atoms in total. The number of hydrogen-bond acceptors (Lipinski definition) is 4. The van der Waals surface area contributed by atoms with E-state index in [0.717, 1.165) is 43.6 Å². The highest BCUT2D eigenvalue weighted by atomic mass is 32.1. The summed E-state index contributed by atoms with van der Waals surface area (Å²) in [4.78, 5) is 10.5. The van der Waals surface area contributed by atoms with E-state index in [-0.39, 0.29) is 0 Å². The van der Waals surface area contributed by atoms with Gasteiger partial charge in [-0.15, -0.1) is 11.3 Å². The van der Waals surface area contributed by atoms with E-state index in [1.807, 2.05) is 6.20 Å². The molecule has 1 aliphatic rings. The molecule has 1 aliphatic carbocycles. The zero-order valence-electron chi connectivity index (χ0n) is 12.8. The number of rotatable bonds is 5. The van der Waals surface area contributed by atoms with Crippen LogP contribution >= 0.6 is 11.3 Å². The maximum atomic E-state index is 4.78. The molecular formula is C17H23N3S. The molecule has 2 heterocycles. The summed E-state index contributed by atoms with van der Waals surface area (Å²) < 4.78 is 0. The fourth-order valence-electron chi connectivity index (χ4n) is 2.86. The summed E-state index contributed by atoms with van der Waals surface area (Å²) in [6.07, 6.45) is 5.49. The summed E-state index contributed by atoms with van der Waals surface area (Å²) in [7, 11) is 0. The van der Waals surface area contributed by atoms with Gasteiger partial charge in [-0.1, -0.05) is 19.9 Å². The van der Waals surface area contributed by atoms with Gasteiger partial charge in [-0.2, -0.15) is 0 Å². The van der Waals surface area contributed by atoms with Crippen molar-refractivity contribution in [3.8, 4) is 10.7 Å². The molecule has 21 heavy (non-hydrogen) atoms. The number of aromatic nitrogens is 2. The molecule has 1 unspecified atom stereocenters.